The number of nitrogens with one attached hydrogen (secondary N) is 1. The second kappa shape index (κ2) is 6.75. The van der Waals surface area contributed by atoms with Crippen LogP contribution in [0.4, 0.5) is 18.2 Å². The smallest absolute Gasteiger partial charge is 0.435 e. The van der Waals surface area contributed by atoms with E-state index in [1.165, 1.54) is 18.4 Å². The van der Waals surface area contributed by atoms with E-state index in [9.17, 15) is 22.8 Å². The molecule has 0 radical (unpaired) electrons. The molecule has 0 saturated heterocycles. The Labute approximate surface area is 150 Å². The van der Waals surface area contributed by atoms with Crippen molar-refractivity contribution < 1.29 is 27.5 Å². The number of hydrogen-bond donors (Lipinski definition) is 1. The second-order valence-electron chi connectivity index (χ2n) is 5.77. The Morgan fingerprint density at radius 1 is 1.38 bits per heavy atom. The topological polar surface area (TPSA) is 73.2 Å². The van der Waals surface area contributed by atoms with Crippen LogP contribution in [0, 0.1) is 0 Å². The first-order valence-electron chi connectivity index (χ1n) is 7.96. The SMILES string of the molecule is CCOC(=O)c1c(NC(=O)c2cc(C(F)(F)F)nn2C)sc2c1CCC2. The number of esters is 1. The van der Waals surface area contributed by atoms with Gasteiger partial charge in [0.25, 0.3) is 5.91 Å². The molecule has 2 aromatic rings. The summed E-state index contributed by atoms with van der Waals surface area (Å²) in [4.78, 5) is 25.7. The van der Waals surface area contributed by atoms with E-state index in [2.05, 4.69) is 10.4 Å². The summed E-state index contributed by atoms with van der Waals surface area (Å²) in [6, 6.07) is 0.681. The summed E-state index contributed by atoms with van der Waals surface area (Å²) in [6.45, 7) is 1.87. The average molecular weight is 387 g/mol. The van der Waals surface area contributed by atoms with E-state index in [4.69, 9.17) is 4.74 Å². The van der Waals surface area contributed by atoms with Gasteiger partial charge >= 0.3 is 12.1 Å². The molecule has 0 aliphatic heterocycles. The van der Waals surface area contributed by atoms with Gasteiger partial charge in [0.15, 0.2) is 5.69 Å². The van der Waals surface area contributed by atoms with Crippen molar-refractivity contribution in [3.05, 3.63) is 33.5 Å². The number of carbonyl (C=O) groups excluding carboxylic acids is 2. The fraction of sp³-hybridized carbons (Fsp3) is 0.438. The molecular weight excluding hydrogens is 371 g/mol. The lowest BCUT2D eigenvalue weighted by atomic mass is 10.1. The van der Waals surface area contributed by atoms with Crippen LogP contribution in [0.2, 0.25) is 0 Å². The molecule has 2 heterocycles. The highest BCUT2D eigenvalue weighted by molar-refractivity contribution is 7.17. The Balaban J connectivity index is 1.91. The number of anilines is 1. The lowest BCUT2D eigenvalue weighted by Crippen LogP contribution is -2.18. The van der Waals surface area contributed by atoms with Crippen molar-refractivity contribution in [3.8, 4) is 0 Å². The molecule has 1 aliphatic rings. The normalized spacial score (nSPS) is 13.6. The highest BCUT2D eigenvalue weighted by Crippen LogP contribution is 2.39. The highest BCUT2D eigenvalue weighted by Gasteiger charge is 2.36. The van der Waals surface area contributed by atoms with Crippen LogP contribution < -0.4 is 5.32 Å². The number of thiophene rings is 1. The summed E-state index contributed by atoms with van der Waals surface area (Å²) in [5, 5.41) is 6.18. The van der Waals surface area contributed by atoms with E-state index in [1.807, 2.05) is 0 Å². The molecule has 1 aliphatic carbocycles. The minimum absolute atomic E-state index is 0.188. The third-order valence-electron chi connectivity index (χ3n) is 4.03. The van der Waals surface area contributed by atoms with Crippen LogP contribution >= 0.6 is 11.3 Å². The molecule has 26 heavy (non-hydrogen) atoms. The lowest BCUT2D eigenvalue weighted by molar-refractivity contribution is -0.141. The molecule has 0 fully saturated rings. The largest absolute Gasteiger partial charge is 0.462 e. The maximum Gasteiger partial charge on any atom is 0.435 e. The fourth-order valence-corrected chi connectivity index (χ4v) is 4.17. The van der Waals surface area contributed by atoms with E-state index in [1.54, 1.807) is 6.92 Å². The van der Waals surface area contributed by atoms with Gasteiger partial charge < -0.3 is 10.1 Å². The number of halogens is 3. The molecule has 3 rings (SSSR count). The number of aromatic nitrogens is 2. The van der Waals surface area contributed by atoms with Gasteiger partial charge in [-0.1, -0.05) is 0 Å². The van der Waals surface area contributed by atoms with Crippen molar-refractivity contribution in [1.29, 1.82) is 0 Å². The summed E-state index contributed by atoms with van der Waals surface area (Å²) in [5.74, 6) is -1.30. The van der Waals surface area contributed by atoms with Crippen molar-refractivity contribution in [2.45, 2.75) is 32.4 Å². The Bertz CT molecular complexity index is 870. The molecule has 140 valence electrons. The monoisotopic (exact) mass is 387 g/mol. The molecular formula is C16H16F3N3O3S. The number of carbonyl (C=O) groups is 2. The van der Waals surface area contributed by atoms with Crippen molar-refractivity contribution >= 4 is 28.2 Å². The zero-order valence-corrected chi connectivity index (χ0v) is 14.9. The first kappa shape index (κ1) is 18.4. The average Bonchev–Trinajstić information content (AvgIpc) is 3.20. The summed E-state index contributed by atoms with van der Waals surface area (Å²) in [6.07, 6.45) is -2.22. The van der Waals surface area contributed by atoms with E-state index in [-0.39, 0.29) is 12.3 Å². The van der Waals surface area contributed by atoms with E-state index in [0.717, 1.165) is 28.0 Å². The maximum absolute atomic E-state index is 12.8. The van der Waals surface area contributed by atoms with Crippen LogP contribution in [-0.2, 0) is 30.8 Å². The molecule has 0 bridgehead atoms. The van der Waals surface area contributed by atoms with Gasteiger partial charge in [0.2, 0.25) is 0 Å². The second-order valence-corrected chi connectivity index (χ2v) is 6.88. The Morgan fingerprint density at radius 2 is 2.12 bits per heavy atom. The zero-order valence-electron chi connectivity index (χ0n) is 14.1. The van der Waals surface area contributed by atoms with Gasteiger partial charge in [-0.2, -0.15) is 18.3 Å². The number of nitrogens with zero attached hydrogens (tertiary/aromatic N) is 2. The van der Waals surface area contributed by atoms with Crippen LogP contribution in [0.25, 0.3) is 0 Å². The summed E-state index contributed by atoms with van der Waals surface area (Å²) in [7, 11) is 1.25. The van der Waals surface area contributed by atoms with Crippen molar-refractivity contribution in [3.63, 3.8) is 0 Å². The van der Waals surface area contributed by atoms with Gasteiger partial charge in [-0.15, -0.1) is 11.3 Å². The first-order chi connectivity index (χ1) is 12.2. The molecule has 1 N–H and O–H groups in total. The number of alkyl halides is 3. The van der Waals surface area contributed by atoms with Crippen molar-refractivity contribution in [2.75, 3.05) is 11.9 Å². The van der Waals surface area contributed by atoms with Gasteiger partial charge in [-0.3, -0.25) is 9.48 Å². The molecule has 0 atom stereocenters. The number of rotatable bonds is 4. The van der Waals surface area contributed by atoms with Crippen molar-refractivity contribution in [2.24, 2.45) is 7.05 Å². The molecule has 1 amide bonds. The van der Waals surface area contributed by atoms with Crippen molar-refractivity contribution in [1.82, 2.24) is 9.78 Å². The molecule has 2 aromatic heterocycles. The van der Waals surface area contributed by atoms with Crippen LogP contribution in [0.15, 0.2) is 6.07 Å². The summed E-state index contributed by atoms with van der Waals surface area (Å²) in [5.41, 5.74) is -0.245. The predicted molar refractivity (Wildman–Crippen MR) is 88.5 cm³/mol. The summed E-state index contributed by atoms with van der Waals surface area (Å²) < 4.78 is 44.2. The number of fused-ring (bicyclic) bond motifs is 1. The Hall–Kier alpha value is -2.36. The Kier molecular flexibility index (Phi) is 4.78. The zero-order chi connectivity index (χ0) is 19.1. The van der Waals surface area contributed by atoms with Gasteiger partial charge in [0.05, 0.1) is 12.2 Å². The third kappa shape index (κ3) is 3.33. The molecule has 6 nitrogen and oxygen atoms in total. The number of amides is 1. The lowest BCUT2D eigenvalue weighted by Gasteiger charge is -2.08. The van der Waals surface area contributed by atoms with E-state index < -0.39 is 23.7 Å². The van der Waals surface area contributed by atoms with Gasteiger partial charge in [-0.05, 0) is 31.7 Å². The van der Waals surface area contributed by atoms with Gasteiger partial charge in [-0.25, -0.2) is 4.79 Å². The van der Waals surface area contributed by atoms with Crippen LogP contribution in [0.1, 0.15) is 50.3 Å². The first-order valence-corrected chi connectivity index (χ1v) is 8.78. The van der Waals surface area contributed by atoms with Crippen LogP contribution in [0.3, 0.4) is 0 Å². The minimum Gasteiger partial charge on any atom is -0.462 e. The molecule has 10 heteroatoms. The maximum atomic E-state index is 12.8. The predicted octanol–water partition coefficient (Wildman–Crippen LogP) is 3.42. The number of hydrogen-bond acceptors (Lipinski definition) is 5. The van der Waals surface area contributed by atoms with Gasteiger partial charge in [0, 0.05) is 18.0 Å². The Morgan fingerprint density at radius 3 is 2.73 bits per heavy atom. The quantitative estimate of drug-likeness (QED) is 0.816. The molecule has 0 spiro atoms. The standard InChI is InChI=1S/C16H16F3N3O3S/c1-3-25-15(24)12-8-5-4-6-10(8)26-14(12)20-13(23)9-7-11(16(17,18)19)21-22(9)2/h7H,3-6H2,1-2H3,(H,20,23). The molecule has 0 unspecified atom stereocenters. The van der Waals surface area contributed by atoms with E-state index >= 15 is 0 Å². The van der Waals surface area contributed by atoms with Gasteiger partial charge in [0.1, 0.15) is 10.7 Å². The highest BCUT2D eigenvalue weighted by atomic mass is 32.1. The minimum atomic E-state index is -4.64. The van der Waals surface area contributed by atoms with Crippen LogP contribution in [0.5, 0.6) is 0 Å². The third-order valence-corrected chi connectivity index (χ3v) is 5.24. The number of aryl methyl sites for hydroxylation is 2. The molecule has 0 aromatic carbocycles. The van der Waals surface area contributed by atoms with Crippen LogP contribution in [-0.4, -0.2) is 28.3 Å². The number of ether oxygens (including phenoxy) is 1. The summed E-state index contributed by atoms with van der Waals surface area (Å²) >= 11 is 1.26. The molecule has 0 saturated carbocycles. The fourth-order valence-electron chi connectivity index (χ4n) is 2.90. The van der Waals surface area contributed by atoms with E-state index in [0.29, 0.717) is 23.1 Å².